The van der Waals surface area contributed by atoms with Crippen molar-refractivity contribution in [2.45, 2.75) is 4.90 Å². The fraction of sp³-hybridized carbons (Fsp3) is 0.562. The largest absolute Gasteiger partial charge is 0.460 e. The number of ether oxygens (including phenoxy) is 5. The van der Waals surface area contributed by atoms with E-state index >= 15 is 0 Å². The van der Waals surface area contributed by atoms with E-state index in [1.165, 1.54) is 24.3 Å². The third kappa shape index (κ3) is 9.46. The quantitative estimate of drug-likeness (QED) is 0.258. The summed E-state index contributed by atoms with van der Waals surface area (Å²) in [6.07, 6.45) is 0. The maximum Gasteiger partial charge on any atom is 0.339 e. The van der Waals surface area contributed by atoms with Crippen LogP contribution >= 0.6 is 10.7 Å². The molecule has 0 N–H and O–H groups in total. The molecule has 0 aliphatic rings. The number of halogens is 1. The summed E-state index contributed by atoms with van der Waals surface area (Å²) >= 11 is 0. The summed E-state index contributed by atoms with van der Waals surface area (Å²) in [6.45, 7) is 2.86. The van der Waals surface area contributed by atoms with Crippen LogP contribution in [0, 0.1) is 0 Å². The molecule has 1 aromatic carbocycles. The Balaban J connectivity index is 2.13. The zero-order valence-corrected chi connectivity index (χ0v) is 16.1. The molecule has 0 saturated heterocycles. The predicted molar refractivity (Wildman–Crippen MR) is 94.1 cm³/mol. The van der Waals surface area contributed by atoms with E-state index in [0.29, 0.717) is 39.6 Å². The zero-order valence-electron chi connectivity index (χ0n) is 14.5. The Bertz CT molecular complexity index is 635. The van der Waals surface area contributed by atoms with Gasteiger partial charge in [-0.25, -0.2) is 13.2 Å². The van der Waals surface area contributed by atoms with E-state index in [9.17, 15) is 13.2 Å². The normalized spacial score (nSPS) is 11.5. The van der Waals surface area contributed by atoms with E-state index in [-0.39, 0.29) is 23.7 Å². The van der Waals surface area contributed by atoms with Crippen LogP contribution < -0.4 is 0 Å². The topological polar surface area (TPSA) is 97.4 Å². The van der Waals surface area contributed by atoms with Gasteiger partial charge in [-0.1, -0.05) is 12.1 Å². The maximum atomic E-state index is 11.9. The zero-order chi connectivity index (χ0) is 19.3. The van der Waals surface area contributed by atoms with Crippen LogP contribution in [-0.4, -0.2) is 74.4 Å². The molecule has 0 fully saturated rings. The fourth-order valence-corrected chi connectivity index (χ4v) is 2.86. The summed E-state index contributed by atoms with van der Waals surface area (Å²) in [4.78, 5) is 11.7. The summed E-state index contributed by atoms with van der Waals surface area (Å²) in [5, 5.41) is 0. The van der Waals surface area contributed by atoms with Crippen LogP contribution in [0.3, 0.4) is 0 Å². The van der Waals surface area contributed by atoms with Gasteiger partial charge < -0.3 is 23.7 Å². The average Bonchev–Trinajstić information content (AvgIpc) is 2.61. The average molecular weight is 411 g/mol. The number of benzene rings is 1. The summed E-state index contributed by atoms with van der Waals surface area (Å²) in [6, 6.07) is 5.57. The van der Waals surface area contributed by atoms with Crippen molar-refractivity contribution in [3.63, 3.8) is 0 Å². The van der Waals surface area contributed by atoms with Gasteiger partial charge in [-0.05, 0) is 12.1 Å². The fourth-order valence-electron chi connectivity index (χ4n) is 1.80. The highest BCUT2D eigenvalue weighted by molar-refractivity contribution is 8.13. The van der Waals surface area contributed by atoms with Crippen LogP contribution in [0.1, 0.15) is 10.4 Å². The van der Waals surface area contributed by atoms with Crippen molar-refractivity contribution in [2.24, 2.45) is 0 Å². The molecule has 0 radical (unpaired) electrons. The molecule has 0 aliphatic carbocycles. The monoisotopic (exact) mass is 410 g/mol. The summed E-state index contributed by atoms with van der Waals surface area (Å²) < 4.78 is 48.5. The Labute approximate surface area is 157 Å². The Morgan fingerprint density at radius 3 is 1.92 bits per heavy atom. The molecule has 0 heterocycles. The predicted octanol–water partition coefficient (Wildman–Crippen LogP) is 1.47. The van der Waals surface area contributed by atoms with E-state index < -0.39 is 15.0 Å². The van der Waals surface area contributed by atoms with Crippen LogP contribution in [0.5, 0.6) is 0 Å². The highest BCUT2D eigenvalue weighted by Gasteiger charge is 2.20. The molecule has 0 aromatic heterocycles. The lowest BCUT2D eigenvalue weighted by Crippen LogP contribution is -2.15. The van der Waals surface area contributed by atoms with Crippen molar-refractivity contribution in [2.75, 3.05) is 60.0 Å². The lowest BCUT2D eigenvalue weighted by molar-refractivity contribution is -0.00558. The third-order valence-corrected chi connectivity index (χ3v) is 4.39. The minimum atomic E-state index is -4.03. The lowest BCUT2D eigenvalue weighted by atomic mass is 10.2. The number of esters is 1. The van der Waals surface area contributed by atoms with Gasteiger partial charge in [0.25, 0.3) is 9.05 Å². The Morgan fingerprint density at radius 2 is 1.38 bits per heavy atom. The molecule has 1 aromatic rings. The van der Waals surface area contributed by atoms with Gasteiger partial charge >= 0.3 is 5.97 Å². The summed E-state index contributed by atoms with van der Waals surface area (Å²) in [5.41, 5.74) is -0.112. The molecule has 8 nitrogen and oxygen atoms in total. The van der Waals surface area contributed by atoms with Gasteiger partial charge in [0.2, 0.25) is 0 Å². The highest BCUT2D eigenvalue weighted by Crippen LogP contribution is 2.20. The SMILES string of the molecule is COCCOCCOCCOCCOC(=O)c1ccccc1S(=O)(=O)Cl. The summed E-state index contributed by atoms with van der Waals surface area (Å²) in [7, 11) is 2.87. The van der Waals surface area contributed by atoms with Crippen molar-refractivity contribution in [1.82, 2.24) is 0 Å². The van der Waals surface area contributed by atoms with Gasteiger partial charge in [0, 0.05) is 17.8 Å². The molecule has 0 spiro atoms. The van der Waals surface area contributed by atoms with Gasteiger partial charge in [0.05, 0.1) is 56.7 Å². The van der Waals surface area contributed by atoms with Gasteiger partial charge in [0.15, 0.2) is 0 Å². The Morgan fingerprint density at radius 1 is 0.885 bits per heavy atom. The molecular weight excluding hydrogens is 388 g/mol. The first kappa shape index (κ1) is 22.8. The number of methoxy groups -OCH3 is 1. The second-order valence-electron chi connectivity index (χ2n) is 4.90. The van der Waals surface area contributed by atoms with Crippen LogP contribution in [0.2, 0.25) is 0 Å². The Kier molecular flexibility index (Phi) is 11.4. The molecule has 10 heteroatoms. The molecule has 26 heavy (non-hydrogen) atoms. The molecule has 0 bridgehead atoms. The summed E-state index contributed by atoms with van der Waals surface area (Å²) in [5.74, 6) is -0.780. The molecule has 1 rings (SSSR count). The number of hydrogen-bond donors (Lipinski definition) is 0. The maximum absolute atomic E-state index is 11.9. The van der Waals surface area contributed by atoms with Crippen molar-refractivity contribution in [1.29, 1.82) is 0 Å². The van der Waals surface area contributed by atoms with Crippen molar-refractivity contribution >= 4 is 25.7 Å². The second kappa shape index (κ2) is 13.0. The standard InChI is InChI=1S/C16H23ClO8S/c1-21-6-7-22-8-9-23-10-11-24-12-13-25-16(18)14-4-2-3-5-15(14)26(17,19)20/h2-5H,6-13H2,1H3. The van der Waals surface area contributed by atoms with Gasteiger partial charge in [-0.15, -0.1) is 0 Å². The van der Waals surface area contributed by atoms with Crippen LogP contribution in [0.25, 0.3) is 0 Å². The molecular formula is C16H23ClO8S. The van der Waals surface area contributed by atoms with Gasteiger partial charge in [-0.3, -0.25) is 0 Å². The van der Waals surface area contributed by atoms with Crippen molar-refractivity contribution < 1.29 is 36.9 Å². The molecule has 0 saturated carbocycles. The van der Waals surface area contributed by atoms with E-state index in [0.717, 1.165) is 0 Å². The minimum Gasteiger partial charge on any atom is -0.460 e. The van der Waals surface area contributed by atoms with Crippen molar-refractivity contribution in [3.8, 4) is 0 Å². The van der Waals surface area contributed by atoms with E-state index in [2.05, 4.69) is 0 Å². The smallest absolute Gasteiger partial charge is 0.339 e. The highest BCUT2D eigenvalue weighted by atomic mass is 35.7. The van der Waals surface area contributed by atoms with E-state index in [1.807, 2.05) is 0 Å². The molecule has 0 unspecified atom stereocenters. The van der Waals surface area contributed by atoms with E-state index in [1.54, 1.807) is 7.11 Å². The van der Waals surface area contributed by atoms with Crippen LogP contribution in [-0.2, 0) is 32.7 Å². The number of hydrogen-bond acceptors (Lipinski definition) is 8. The first-order valence-electron chi connectivity index (χ1n) is 7.90. The number of carbonyl (C=O) groups excluding carboxylic acids is 1. The molecule has 0 amide bonds. The molecule has 0 aliphatic heterocycles. The van der Waals surface area contributed by atoms with Gasteiger partial charge in [-0.2, -0.15) is 0 Å². The molecule has 0 atom stereocenters. The number of rotatable bonds is 14. The van der Waals surface area contributed by atoms with Crippen LogP contribution in [0.15, 0.2) is 29.2 Å². The lowest BCUT2D eigenvalue weighted by Gasteiger charge is -2.09. The molecule has 148 valence electrons. The van der Waals surface area contributed by atoms with Crippen LogP contribution in [0.4, 0.5) is 0 Å². The second-order valence-corrected chi connectivity index (χ2v) is 7.43. The van der Waals surface area contributed by atoms with E-state index in [4.69, 9.17) is 34.4 Å². The van der Waals surface area contributed by atoms with Crippen molar-refractivity contribution in [3.05, 3.63) is 29.8 Å². The Hall–Kier alpha value is -1.23. The minimum absolute atomic E-state index is 0.0182. The first-order valence-corrected chi connectivity index (χ1v) is 10.2. The third-order valence-electron chi connectivity index (χ3n) is 3.01. The number of carbonyl (C=O) groups is 1. The van der Waals surface area contributed by atoms with Gasteiger partial charge in [0.1, 0.15) is 6.61 Å². The first-order chi connectivity index (χ1) is 12.5.